The van der Waals surface area contributed by atoms with Crippen molar-refractivity contribution in [3.63, 3.8) is 0 Å². The molecule has 1 amide bonds. The minimum absolute atomic E-state index is 0.0118. The van der Waals surface area contributed by atoms with Crippen molar-refractivity contribution < 1.29 is 14.1 Å². The van der Waals surface area contributed by atoms with Gasteiger partial charge in [0.15, 0.2) is 5.82 Å². The molecule has 0 spiro atoms. The molecule has 1 N–H and O–H groups in total. The van der Waals surface area contributed by atoms with Crippen LogP contribution < -0.4 is 10.1 Å². The second-order valence-corrected chi connectivity index (χ2v) is 6.69. The smallest absolute Gasteiger partial charge is 0.223 e. The molecule has 3 rings (SSSR count). The average molecular weight is 343 g/mol. The Morgan fingerprint density at radius 1 is 1.28 bits per heavy atom. The van der Waals surface area contributed by atoms with E-state index >= 15 is 0 Å². The van der Waals surface area contributed by atoms with Crippen LogP contribution in [0.2, 0.25) is 0 Å². The Bertz CT molecular complexity index is 720. The van der Waals surface area contributed by atoms with Crippen molar-refractivity contribution in [2.24, 2.45) is 0 Å². The molecule has 134 valence electrons. The summed E-state index contributed by atoms with van der Waals surface area (Å²) >= 11 is 0. The van der Waals surface area contributed by atoms with E-state index in [0.717, 1.165) is 37.0 Å². The zero-order chi connectivity index (χ0) is 17.7. The van der Waals surface area contributed by atoms with Gasteiger partial charge in [0.25, 0.3) is 0 Å². The van der Waals surface area contributed by atoms with Crippen molar-refractivity contribution in [2.45, 2.75) is 57.9 Å². The lowest BCUT2D eigenvalue weighted by molar-refractivity contribution is -0.123. The van der Waals surface area contributed by atoms with Crippen LogP contribution in [-0.4, -0.2) is 22.7 Å². The number of benzene rings is 1. The van der Waals surface area contributed by atoms with E-state index < -0.39 is 5.54 Å². The third-order valence-corrected chi connectivity index (χ3v) is 4.69. The first-order valence-corrected chi connectivity index (χ1v) is 8.89. The molecule has 0 bridgehead atoms. The molecule has 0 unspecified atom stereocenters. The summed E-state index contributed by atoms with van der Waals surface area (Å²) in [5, 5.41) is 7.20. The van der Waals surface area contributed by atoms with Crippen molar-refractivity contribution >= 4 is 5.91 Å². The maximum absolute atomic E-state index is 12.4. The second-order valence-electron chi connectivity index (χ2n) is 6.69. The normalized spacial score (nSPS) is 15.9. The van der Waals surface area contributed by atoms with Gasteiger partial charge in [-0.15, -0.1) is 0 Å². The van der Waals surface area contributed by atoms with Gasteiger partial charge in [-0.3, -0.25) is 4.79 Å². The first kappa shape index (κ1) is 17.5. The summed E-state index contributed by atoms with van der Waals surface area (Å²) in [6.07, 6.45) is 4.93. The lowest BCUT2D eigenvalue weighted by Gasteiger charge is -2.26. The lowest BCUT2D eigenvalue weighted by Crippen LogP contribution is -2.44. The number of aryl methyl sites for hydroxylation is 2. The molecule has 2 aromatic rings. The number of aromatic nitrogens is 2. The fourth-order valence-electron chi connectivity index (χ4n) is 3.34. The molecule has 6 nitrogen and oxygen atoms in total. The molecule has 0 saturated heterocycles. The van der Waals surface area contributed by atoms with Gasteiger partial charge >= 0.3 is 0 Å². The number of ether oxygens (including phenoxy) is 1. The highest BCUT2D eigenvalue weighted by molar-refractivity contribution is 5.76. The Hall–Kier alpha value is -2.37. The summed E-state index contributed by atoms with van der Waals surface area (Å²) < 4.78 is 10.9. The molecule has 1 saturated carbocycles. The van der Waals surface area contributed by atoms with Crippen LogP contribution in [0.5, 0.6) is 5.75 Å². The van der Waals surface area contributed by atoms with E-state index in [9.17, 15) is 4.79 Å². The molecule has 1 aliphatic rings. The van der Waals surface area contributed by atoms with Crippen molar-refractivity contribution in [1.29, 1.82) is 0 Å². The predicted octanol–water partition coefficient (Wildman–Crippen LogP) is 3.43. The Kier molecular flexibility index (Phi) is 5.36. The third-order valence-electron chi connectivity index (χ3n) is 4.69. The summed E-state index contributed by atoms with van der Waals surface area (Å²) in [4.78, 5) is 16.8. The predicted molar refractivity (Wildman–Crippen MR) is 93.2 cm³/mol. The molecule has 6 heteroatoms. The van der Waals surface area contributed by atoms with Crippen molar-refractivity contribution in [3.05, 3.63) is 41.5 Å². The number of nitrogens with zero attached hydrogens (tertiary/aromatic N) is 2. The fraction of sp³-hybridized carbons (Fsp3) is 0.526. The van der Waals surface area contributed by atoms with Crippen LogP contribution in [0.3, 0.4) is 0 Å². The number of para-hydroxylation sites is 1. The number of hydrogen-bond donors (Lipinski definition) is 1. The van der Waals surface area contributed by atoms with Gasteiger partial charge in [-0.05, 0) is 37.8 Å². The van der Waals surface area contributed by atoms with Crippen molar-refractivity contribution in [3.8, 4) is 5.75 Å². The number of amides is 1. The fourth-order valence-corrected chi connectivity index (χ4v) is 3.34. The topological polar surface area (TPSA) is 77.2 Å². The third kappa shape index (κ3) is 4.18. The Balaban J connectivity index is 1.50. The van der Waals surface area contributed by atoms with Gasteiger partial charge in [0.05, 0.1) is 6.61 Å². The van der Waals surface area contributed by atoms with Crippen LogP contribution in [0.4, 0.5) is 0 Å². The van der Waals surface area contributed by atoms with E-state index in [0.29, 0.717) is 31.2 Å². The van der Waals surface area contributed by atoms with Gasteiger partial charge in [-0.1, -0.05) is 36.2 Å². The zero-order valence-electron chi connectivity index (χ0n) is 14.9. The van der Waals surface area contributed by atoms with Crippen LogP contribution in [0.25, 0.3) is 0 Å². The second kappa shape index (κ2) is 7.68. The Morgan fingerprint density at radius 3 is 2.72 bits per heavy atom. The molecular formula is C19H25N3O3. The summed E-state index contributed by atoms with van der Waals surface area (Å²) in [5.41, 5.74) is 0.635. The van der Waals surface area contributed by atoms with Crippen LogP contribution in [0.1, 0.15) is 55.8 Å². The largest absolute Gasteiger partial charge is 0.493 e. The SMILES string of the molecule is Cc1nc(C2(NC(=O)CCCOc3ccccc3C)CCCC2)no1. The highest BCUT2D eigenvalue weighted by Gasteiger charge is 2.41. The lowest BCUT2D eigenvalue weighted by atomic mass is 9.96. The van der Waals surface area contributed by atoms with E-state index in [1.54, 1.807) is 6.92 Å². The van der Waals surface area contributed by atoms with Gasteiger partial charge in [-0.25, -0.2) is 0 Å². The molecule has 1 aromatic heterocycles. The molecule has 1 aromatic carbocycles. The van der Waals surface area contributed by atoms with Crippen LogP contribution in [0.15, 0.2) is 28.8 Å². The van der Waals surface area contributed by atoms with E-state index in [-0.39, 0.29) is 5.91 Å². The Labute approximate surface area is 148 Å². The van der Waals surface area contributed by atoms with E-state index in [1.807, 2.05) is 31.2 Å². The van der Waals surface area contributed by atoms with E-state index in [4.69, 9.17) is 9.26 Å². The highest BCUT2D eigenvalue weighted by Crippen LogP contribution is 2.37. The van der Waals surface area contributed by atoms with Crippen LogP contribution in [-0.2, 0) is 10.3 Å². The van der Waals surface area contributed by atoms with Crippen LogP contribution in [0, 0.1) is 13.8 Å². The summed E-state index contributed by atoms with van der Waals surface area (Å²) in [6, 6.07) is 7.89. The van der Waals surface area contributed by atoms with E-state index in [1.165, 1.54) is 0 Å². The maximum Gasteiger partial charge on any atom is 0.223 e. The first-order chi connectivity index (χ1) is 12.1. The minimum Gasteiger partial charge on any atom is -0.493 e. The molecule has 0 radical (unpaired) electrons. The molecule has 1 fully saturated rings. The van der Waals surface area contributed by atoms with Gasteiger partial charge in [-0.2, -0.15) is 4.98 Å². The monoisotopic (exact) mass is 343 g/mol. The first-order valence-electron chi connectivity index (χ1n) is 8.89. The average Bonchev–Trinajstić information content (AvgIpc) is 3.23. The number of hydrogen-bond acceptors (Lipinski definition) is 5. The molecular weight excluding hydrogens is 318 g/mol. The summed E-state index contributed by atoms with van der Waals surface area (Å²) in [7, 11) is 0. The molecule has 1 heterocycles. The summed E-state index contributed by atoms with van der Waals surface area (Å²) in [6.45, 7) is 4.30. The molecule has 25 heavy (non-hydrogen) atoms. The number of nitrogens with one attached hydrogen (secondary N) is 1. The van der Waals surface area contributed by atoms with Gasteiger partial charge < -0.3 is 14.6 Å². The van der Waals surface area contributed by atoms with E-state index in [2.05, 4.69) is 15.5 Å². The zero-order valence-corrected chi connectivity index (χ0v) is 14.9. The van der Waals surface area contributed by atoms with Gasteiger partial charge in [0.2, 0.25) is 11.8 Å². The Morgan fingerprint density at radius 2 is 2.04 bits per heavy atom. The molecule has 1 aliphatic carbocycles. The standard InChI is InChI=1S/C19H25N3O3/c1-14-8-3-4-9-16(14)24-13-7-10-17(23)21-19(11-5-6-12-19)18-20-15(2)25-22-18/h3-4,8-9H,5-7,10-13H2,1-2H3,(H,21,23). The number of carbonyl (C=O) groups is 1. The minimum atomic E-state index is -0.467. The molecule has 0 atom stereocenters. The quantitative estimate of drug-likeness (QED) is 0.779. The molecule has 0 aliphatic heterocycles. The van der Waals surface area contributed by atoms with Gasteiger partial charge in [0.1, 0.15) is 11.3 Å². The van der Waals surface area contributed by atoms with Gasteiger partial charge in [0, 0.05) is 13.3 Å². The van der Waals surface area contributed by atoms with Crippen molar-refractivity contribution in [1.82, 2.24) is 15.5 Å². The number of carbonyl (C=O) groups excluding carboxylic acids is 1. The summed E-state index contributed by atoms with van der Waals surface area (Å²) in [5.74, 6) is 2.02. The number of rotatable bonds is 7. The van der Waals surface area contributed by atoms with Crippen molar-refractivity contribution in [2.75, 3.05) is 6.61 Å². The highest BCUT2D eigenvalue weighted by atomic mass is 16.5. The maximum atomic E-state index is 12.4. The van der Waals surface area contributed by atoms with Crippen LogP contribution >= 0.6 is 0 Å².